The smallest absolute Gasteiger partial charge is 0.304 e. The quantitative estimate of drug-likeness (QED) is 0.358. The van der Waals surface area contributed by atoms with Gasteiger partial charge in [0.25, 0.3) is 0 Å². The summed E-state index contributed by atoms with van der Waals surface area (Å²) in [7, 11) is 0. The van der Waals surface area contributed by atoms with Gasteiger partial charge >= 0.3 is 5.91 Å². The van der Waals surface area contributed by atoms with Crippen LogP contribution in [0.2, 0.25) is 0 Å². The highest BCUT2D eigenvalue weighted by molar-refractivity contribution is 5.95. The van der Waals surface area contributed by atoms with E-state index in [4.69, 9.17) is 9.57 Å². The van der Waals surface area contributed by atoms with Crippen molar-refractivity contribution in [1.82, 2.24) is 9.47 Å². The summed E-state index contributed by atoms with van der Waals surface area (Å²) in [5.41, 5.74) is 1.93. The maximum Gasteiger partial charge on any atom is 0.304 e. The summed E-state index contributed by atoms with van der Waals surface area (Å²) in [6.07, 6.45) is 1.51. The molecule has 0 bridgehead atoms. The van der Waals surface area contributed by atoms with E-state index >= 15 is 0 Å². The molecule has 1 fully saturated rings. The molecule has 0 unspecified atom stereocenters. The van der Waals surface area contributed by atoms with Crippen LogP contribution < -0.4 is 0 Å². The number of rotatable bonds is 7. The molecule has 0 radical (unpaired) electrons. The molecule has 0 spiro atoms. The molecule has 2 aromatic carbocycles. The number of carbonyl (C=O) groups excluding carboxylic acids is 1. The van der Waals surface area contributed by atoms with E-state index in [1.807, 2.05) is 54.6 Å². The summed E-state index contributed by atoms with van der Waals surface area (Å²) in [4.78, 5) is 19.2. The van der Waals surface area contributed by atoms with Crippen molar-refractivity contribution in [2.75, 3.05) is 32.9 Å². The van der Waals surface area contributed by atoms with Crippen LogP contribution in [0.4, 0.5) is 5.69 Å². The third-order valence-electron chi connectivity index (χ3n) is 4.89. The van der Waals surface area contributed by atoms with Crippen LogP contribution in [0, 0.1) is 0 Å². The Morgan fingerprint density at radius 1 is 1.10 bits per heavy atom. The highest BCUT2D eigenvalue weighted by Crippen LogP contribution is 2.38. The zero-order chi connectivity index (χ0) is 21.5. The van der Waals surface area contributed by atoms with Gasteiger partial charge in [-0.2, -0.15) is 0 Å². The number of para-hydroxylation sites is 1. The van der Waals surface area contributed by atoms with E-state index in [0.717, 1.165) is 24.2 Å². The first-order valence-corrected chi connectivity index (χ1v) is 9.97. The Hall–Kier alpha value is -3.56. The molecule has 160 valence electrons. The predicted octanol–water partition coefficient (Wildman–Crippen LogP) is 3.30. The SMILES string of the molecule is O=C(CO/N=C/c1ccccc1)N=Nc1c(O)n(CN2CCOCC2)c2ccccc12. The second kappa shape index (κ2) is 9.96. The van der Waals surface area contributed by atoms with E-state index in [-0.39, 0.29) is 18.2 Å². The molecular weight excluding hydrogens is 398 g/mol. The van der Waals surface area contributed by atoms with Crippen molar-refractivity contribution >= 4 is 28.7 Å². The monoisotopic (exact) mass is 421 g/mol. The first-order chi connectivity index (χ1) is 15.2. The highest BCUT2D eigenvalue weighted by Gasteiger charge is 2.19. The zero-order valence-corrected chi connectivity index (χ0v) is 16.9. The van der Waals surface area contributed by atoms with Gasteiger partial charge in [-0.15, -0.1) is 10.2 Å². The summed E-state index contributed by atoms with van der Waals surface area (Å²) in [5, 5.41) is 23.0. The van der Waals surface area contributed by atoms with Crippen LogP contribution in [-0.2, 0) is 21.0 Å². The zero-order valence-electron chi connectivity index (χ0n) is 16.9. The maximum atomic E-state index is 12.0. The molecule has 4 rings (SSSR count). The van der Waals surface area contributed by atoms with E-state index in [0.29, 0.717) is 25.3 Å². The van der Waals surface area contributed by atoms with Gasteiger partial charge in [-0.1, -0.05) is 53.7 Å². The van der Waals surface area contributed by atoms with E-state index < -0.39 is 5.91 Å². The molecule has 0 atom stereocenters. The molecular formula is C22H23N5O4. The number of hydrogen-bond acceptors (Lipinski definition) is 7. The largest absolute Gasteiger partial charge is 0.493 e. The van der Waals surface area contributed by atoms with Crippen LogP contribution in [0.5, 0.6) is 5.88 Å². The molecule has 9 nitrogen and oxygen atoms in total. The number of hydrogen-bond donors (Lipinski definition) is 1. The molecule has 3 aromatic rings. The summed E-state index contributed by atoms with van der Waals surface area (Å²) >= 11 is 0. The number of ether oxygens (including phenoxy) is 1. The number of aromatic nitrogens is 1. The Morgan fingerprint density at radius 2 is 1.84 bits per heavy atom. The number of benzene rings is 2. The minimum atomic E-state index is -0.602. The fraction of sp³-hybridized carbons (Fsp3) is 0.273. The van der Waals surface area contributed by atoms with Gasteiger partial charge in [-0.25, -0.2) is 0 Å². The topological polar surface area (TPSA) is 101 Å². The van der Waals surface area contributed by atoms with E-state index in [1.54, 1.807) is 4.57 Å². The fourth-order valence-electron chi connectivity index (χ4n) is 3.32. The first kappa shape index (κ1) is 20.7. The lowest BCUT2D eigenvalue weighted by atomic mass is 10.2. The normalized spacial score (nSPS) is 15.2. The van der Waals surface area contributed by atoms with Crippen molar-refractivity contribution in [3.05, 3.63) is 60.2 Å². The molecule has 0 aliphatic carbocycles. The minimum Gasteiger partial charge on any atom is -0.493 e. The van der Waals surface area contributed by atoms with Crippen LogP contribution in [-0.4, -0.2) is 59.6 Å². The van der Waals surface area contributed by atoms with Gasteiger partial charge in [0.2, 0.25) is 5.88 Å². The number of fused-ring (bicyclic) bond motifs is 1. The molecule has 1 N–H and O–H groups in total. The van der Waals surface area contributed by atoms with Crippen molar-refractivity contribution in [3.63, 3.8) is 0 Å². The summed E-state index contributed by atoms with van der Waals surface area (Å²) in [6.45, 7) is 3.03. The molecule has 0 saturated carbocycles. The number of nitrogens with zero attached hydrogens (tertiary/aromatic N) is 5. The van der Waals surface area contributed by atoms with Crippen LogP contribution >= 0.6 is 0 Å². The third kappa shape index (κ3) is 5.14. The van der Waals surface area contributed by atoms with Gasteiger partial charge in [0.15, 0.2) is 12.3 Å². The number of carbonyl (C=O) groups is 1. The van der Waals surface area contributed by atoms with Crippen LogP contribution in [0.15, 0.2) is 70.0 Å². The average molecular weight is 421 g/mol. The Morgan fingerprint density at radius 3 is 2.65 bits per heavy atom. The van der Waals surface area contributed by atoms with Crippen molar-refractivity contribution in [1.29, 1.82) is 0 Å². The second-order valence-electron chi connectivity index (χ2n) is 7.00. The lowest BCUT2D eigenvalue weighted by Crippen LogP contribution is -2.37. The molecule has 1 aliphatic rings. The fourth-order valence-corrected chi connectivity index (χ4v) is 3.32. The summed E-state index contributed by atoms with van der Waals surface area (Å²) in [6, 6.07) is 16.9. The molecule has 1 saturated heterocycles. The molecule has 1 aliphatic heterocycles. The van der Waals surface area contributed by atoms with Crippen molar-refractivity contribution < 1.29 is 19.5 Å². The Labute approximate surface area is 179 Å². The third-order valence-corrected chi connectivity index (χ3v) is 4.89. The average Bonchev–Trinajstić information content (AvgIpc) is 3.07. The Kier molecular flexibility index (Phi) is 6.65. The van der Waals surface area contributed by atoms with Gasteiger partial charge in [0.1, 0.15) is 0 Å². The van der Waals surface area contributed by atoms with Gasteiger partial charge in [0, 0.05) is 18.5 Å². The van der Waals surface area contributed by atoms with E-state index in [1.165, 1.54) is 6.21 Å². The van der Waals surface area contributed by atoms with Gasteiger partial charge in [0.05, 0.1) is 31.6 Å². The van der Waals surface area contributed by atoms with Crippen LogP contribution in [0.1, 0.15) is 5.56 Å². The standard InChI is InChI=1S/C22H23N5O4/c28-20(15-31-23-14-17-6-2-1-3-7-17)24-25-21-18-8-4-5-9-19(18)27(22(21)29)16-26-10-12-30-13-11-26/h1-9,14,29H,10-13,15-16H2/b23-14+,25-24?. The number of morpholine rings is 1. The predicted molar refractivity (Wildman–Crippen MR) is 116 cm³/mol. The molecule has 1 amide bonds. The Balaban J connectivity index is 1.44. The summed E-state index contributed by atoms with van der Waals surface area (Å²) in [5.74, 6) is -0.637. The van der Waals surface area contributed by atoms with E-state index in [9.17, 15) is 9.90 Å². The number of aromatic hydroxyl groups is 1. The number of oxime groups is 1. The Bertz CT molecular complexity index is 1090. The molecule has 31 heavy (non-hydrogen) atoms. The maximum absolute atomic E-state index is 12.0. The highest BCUT2D eigenvalue weighted by atomic mass is 16.6. The lowest BCUT2D eigenvalue weighted by molar-refractivity contribution is -0.122. The van der Waals surface area contributed by atoms with Crippen LogP contribution in [0.3, 0.4) is 0 Å². The van der Waals surface area contributed by atoms with Crippen molar-refractivity contribution in [3.8, 4) is 5.88 Å². The van der Waals surface area contributed by atoms with Gasteiger partial charge < -0.3 is 14.7 Å². The van der Waals surface area contributed by atoms with Gasteiger partial charge in [-0.3, -0.25) is 14.3 Å². The molecule has 1 aromatic heterocycles. The molecule has 2 heterocycles. The van der Waals surface area contributed by atoms with Crippen molar-refractivity contribution in [2.24, 2.45) is 15.4 Å². The molecule has 9 heteroatoms. The van der Waals surface area contributed by atoms with Crippen molar-refractivity contribution in [2.45, 2.75) is 6.67 Å². The van der Waals surface area contributed by atoms with E-state index in [2.05, 4.69) is 20.3 Å². The number of amides is 1. The van der Waals surface area contributed by atoms with Crippen LogP contribution in [0.25, 0.3) is 10.9 Å². The first-order valence-electron chi connectivity index (χ1n) is 9.97. The number of azo groups is 1. The second-order valence-corrected chi connectivity index (χ2v) is 7.00. The summed E-state index contributed by atoms with van der Waals surface area (Å²) < 4.78 is 7.15. The van der Waals surface area contributed by atoms with Gasteiger partial charge in [-0.05, 0) is 11.6 Å². The lowest BCUT2D eigenvalue weighted by Gasteiger charge is -2.27. The minimum absolute atomic E-state index is 0.0349.